The predicted molar refractivity (Wildman–Crippen MR) is 28.3 cm³/mol. The van der Waals surface area contributed by atoms with Crippen molar-refractivity contribution in [2.45, 2.75) is 11.4 Å². The lowest BCUT2D eigenvalue weighted by atomic mass is 10.4. The summed E-state index contributed by atoms with van der Waals surface area (Å²) >= 11 is 3.03. The van der Waals surface area contributed by atoms with Crippen molar-refractivity contribution in [1.29, 1.82) is 0 Å². The summed E-state index contributed by atoms with van der Waals surface area (Å²) < 4.78 is 4.83. The third-order valence-corrected chi connectivity index (χ3v) is 1.64. The number of ether oxygens (including phenoxy) is 1. The summed E-state index contributed by atoms with van der Waals surface area (Å²) in [6.07, 6.45) is 0.565. The summed E-state index contributed by atoms with van der Waals surface area (Å²) in [6.45, 7) is 0.578. The Morgan fingerprint density at radius 1 is 1.86 bits per heavy atom. The molecule has 40 valence electrons. The van der Waals surface area contributed by atoms with Crippen LogP contribution in [0.5, 0.6) is 0 Å². The molecule has 1 fully saturated rings. The van der Waals surface area contributed by atoms with Crippen LogP contribution in [0.1, 0.15) is 6.42 Å². The van der Waals surface area contributed by atoms with Crippen molar-refractivity contribution in [2.75, 3.05) is 6.61 Å². The van der Waals surface area contributed by atoms with Crippen LogP contribution in [-0.2, 0) is 9.53 Å². The Hall–Kier alpha value is 0.110. The Balaban J connectivity index is 2.48. The molecule has 1 heterocycles. The van der Waals surface area contributed by atoms with Gasteiger partial charge in [0.2, 0.25) is 0 Å². The van der Waals surface area contributed by atoms with E-state index in [0.717, 1.165) is 0 Å². The second-order valence-electron chi connectivity index (χ2n) is 1.40. The van der Waals surface area contributed by atoms with Crippen LogP contribution in [0.2, 0.25) is 0 Å². The summed E-state index contributed by atoms with van der Waals surface area (Å²) in [5.74, 6) is 0.153. The number of carbonyl (C=O) groups excluding carboxylic acids is 1. The van der Waals surface area contributed by atoms with Crippen LogP contribution >= 0.6 is 15.9 Å². The second kappa shape index (κ2) is 1.92. The molecule has 0 aromatic rings. The fraction of sp³-hybridized carbons (Fsp3) is 0.750. The minimum atomic E-state index is -0.313. The fourth-order valence-corrected chi connectivity index (χ4v) is 0.885. The molecular formula is C4H5BrO2. The molecule has 3 heteroatoms. The highest BCUT2D eigenvalue weighted by Crippen LogP contribution is 2.12. The van der Waals surface area contributed by atoms with E-state index < -0.39 is 0 Å². The topological polar surface area (TPSA) is 26.3 Å². The quantitative estimate of drug-likeness (QED) is 0.493. The van der Waals surface area contributed by atoms with E-state index in [9.17, 15) is 4.79 Å². The molecule has 1 aliphatic rings. The number of rotatable bonds is 0. The van der Waals surface area contributed by atoms with Gasteiger partial charge in [0.05, 0.1) is 6.61 Å². The number of ketones is 1. The maximum absolute atomic E-state index is 10.4. The number of Topliss-reactive ketones (excluding diaryl/α,β-unsaturated/α-hetero) is 1. The van der Waals surface area contributed by atoms with Crippen molar-refractivity contribution in [3.8, 4) is 0 Å². The molecule has 0 amide bonds. The summed E-state index contributed by atoms with van der Waals surface area (Å²) in [5, 5.41) is -0.313. The first kappa shape index (κ1) is 5.25. The fourth-order valence-electron chi connectivity index (χ4n) is 0.469. The summed E-state index contributed by atoms with van der Waals surface area (Å²) in [6, 6.07) is 0. The van der Waals surface area contributed by atoms with Crippen molar-refractivity contribution in [1.82, 2.24) is 0 Å². The van der Waals surface area contributed by atoms with Gasteiger partial charge >= 0.3 is 0 Å². The van der Waals surface area contributed by atoms with Crippen LogP contribution in [0.4, 0.5) is 0 Å². The molecule has 0 bridgehead atoms. The number of halogens is 1. The summed E-state index contributed by atoms with van der Waals surface area (Å²) in [7, 11) is 0. The second-order valence-corrected chi connectivity index (χ2v) is 2.23. The van der Waals surface area contributed by atoms with Gasteiger partial charge in [0.1, 0.15) is 0 Å². The molecule has 0 saturated carbocycles. The maximum atomic E-state index is 10.4. The number of carbonyl (C=O) groups is 1. The third-order valence-electron chi connectivity index (χ3n) is 0.866. The van der Waals surface area contributed by atoms with Gasteiger partial charge in [-0.2, -0.15) is 0 Å². The Morgan fingerprint density at radius 3 is 2.71 bits per heavy atom. The Labute approximate surface area is 50.0 Å². The minimum Gasteiger partial charge on any atom is -0.359 e. The van der Waals surface area contributed by atoms with E-state index in [1.165, 1.54) is 0 Å². The lowest BCUT2D eigenvalue weighted by Crippen LogP contribution is -2.03. The van der Waals surface area contributed by atoms with Gasteiger partial charge in [-0.1, -0.05) is 0 Å². The zero-order valence-electron chi connectivity index (χ0n) is 3.69. The average molecular weight is 165 g/mol. The van der Waals surface area contributed by atoms with Gasteiger partial charge in [0, 0.05) is 6.42 Å². The molecule has 0 spiro atoms. The molecular weight excluding hydrogens is 160 g/mol. The van der Waals surface area contributed by atoms with Crippen molar-refractivity contribution >= 4 is 21.7 Å². The van der Waals surface area contributed by atoms with Crippen molar-refractivity contribution in [2.24, 2.45) is 0 Å². The van der Waals surface area contributed by atoms with E-state index >= 15 is 0 Å². The van der Waals surface area contributed by atoms with Crippen LogP contribution in [0, 0.1) is 0 Å². The SMILES string of the molecule is O=C1CCOC1Br. The molecule has 0 aliphatic carbocycles. The number of hydrogen-bond donors (Lipinski definition) is 0. The summed E-state index contributed by atoms with van der Waals surface area (Å²) in [5.41, 5.74) is 0. The molecule has 0 aromatic carbocycles. The molecule has 1 saturated heterocycles. The number of alkyl halides is 1. The molecule has 0 aromatic heterocycles. The first-order valence-electron chi connectivity index (χ1n) is 2.09. The highest BCUT2D eigenvalue weighted by Gasteiger charge is 2.20. The van der Waals surface area contributed by atoms with Crippen LogP contribution < -0.4 is 0 Å². The molecule has 1 aliphatic heterocycles. The van der Waals surface area contributed by atoms with Crippen LogP contribution in [0.25, 0.3) is 0 Å². The zero-order valence-corrected chi connectivity index (χ0v) is 5.27. The Bertz CT molecular complexity index is 91.7. The molecule has 2 nitrogen and oxygen atoms in total. The van der Waals surface area contributed by atoms with Crippen molar-refractivity contribution in [3.63, 3.8) is 0 Å². The molecule has 1 rings (SSSR count). The van der Waals surface area contributed by atoms with Crippen molar-refractivity contribution < 1.29 is 9.53 Å². The van der Waals surface area contributed by atoms with E-state index in [2.05, 4.69) is 15.9 Å². The lowest BCUT2D eigenvalue weighted by Gasteiger charge is -1.91. The smallest absolute Gasteiger partial charge is 0.174 e. The first-order chi connectivity index (χ1) is 3.30. The van der Waals surface area contributed by atoms with Gasteiger partial charge in [-0.3, -0.25) is 4.79 Å². The van der Waals surface area contributed by atoms with Gasteiger partial charge in [0.15, 0.2) is 10.8 Å². The maximum Gasteiger partial charge on any atom is 0.174 e. The van der Waals surface area contributed by atoms with Gasteiger partial charge in [0.25, 0.3) is 0 Å². The van der Waals surface area contributed by atoms with E-state index in [1.54, 1.807) is 0 Å². The van der Waals surface area contributed by atoms with E-state index in [4.69, 9.17) is 4.74 Å². The van der Waals surface area contributed by atoms with E-state index in [1.807, 2.05) is 0 Å². The lowest BCUT2D eigenvalue weighted by molar-refractivity contribution is -0.118. The molecule has 7 heavy (non-hydrogen) atoms. The normalized spacial score (nSPS) is 31.6. The zero-order chi connectivity index (χ0) is 5.28. The van der Waals surface area contributed by atoms with Crippen LogP contribution in [0.3, 0.4) is 0 Å². The van der Waals surface area contributed by atoms with Crippen LogP contribution in [-0.4, -0.2) is 17.4 Å². The van der Waals surface area contributed by atoms with E-state index in [-0.39, 0.29) is 10.8 Å². The van der Waals surface area contributed by atoms with E-state index in [0.29, 0.717) is 13.0 Å². The molecule has 0 radical (unpaired) electrons. The van der Waals surface area contributed by atoms with Gasteiger partial charge in [-0.15, -0.1) is 0 Å². The average Bonchev–Trinajstić information content (AvgIpc) is 1.91. The molecule has 0 N–H and O–H groups in total. The first-order valence-corrected chi connectivity index (χ1v) is 3.00. The Morgan fingerprint density at radius 2 is 2.57 bits per heavy atom. The standard InChI is InChI=1S/C4H5BrO2/c5-4-3(6)1-2-7-4/h4H,1-2H2. The number of hydrogen-bond acceptors (Lipinski definition) is 2. The third kappa shape index (κ3) is 1.01. The van der Waals surface area contributed by atoms with Crippen LogP contribution in [0.15, 0.2) is 0 Å². The highest BCUT2D eigenvalue weighted by atomic mass is 79.9. The molecule has 1 atom stereocenters. The van der Waals surface area contributed by atoms with Crippen molar-refractivity contribution in [3.05, 3.63) is 0 Å². The van der Waals surface area contributed by atoms with Gasteiger partial charge < -0.3 is 4.74 Å². The van der Waals surface area contributed by atoms with Gasteiger partial charge in [-0.05, 0) is 15.9 Å². The van der Waals surface area contributed by atoms with Gasteiger partial charge in [-0.25, -0.2) is 0 Å². The summed E-state index contributed by atoms with van der Waals surface area (Å²) in [4.78, 5) is 10.4. The largest absolute Gasteiger partial charge is 0.359 e. The predicted octanol–water partition coefficient (Wildman–Crippen LogP) is 0.697. The monoisotopic (exact) mass is 164 g/mol. The molecule has 1 unspecified atom stereocenters. The minimum absolute atomic E-state index is 0.153. The Kier molecular flexibility index (Phi) is 1.44. The highest BCUT2D eigenvalue weighted by molar-refractivity contribution is 9.09.